The minimum Gasteiger partial charge on any atom is -0.316 e. The van der Waals surface area contributed by atoms with E-state index in [1.165, 1.54) is 4.31 Å². The fourth-order valence-corrected chi connectivity index (χ4v) is 4.46. The van der Waals surface area contributed by atoms with Crippen molar-refractivity contribution in [1.29, 1.82) is 0 Å². The second kappa shape index (κ2) is 7.58. The molecule has 0 aliphatic carbocycles. The van der Waals surface area contributed by atoms with Crippen molar-refractivity contribution in [3.05, 3.63) is 28.8 Å². The van der Waals surface area contributed by atoms with Crippen LogP contribution in [0.5, 0.6) is 0 Å². The van der Waals surface area contributed by atoms with Crippen LogP contribution >= 0.6 is 11.6 Å². The van der Waals surface area contributed by atoms with Crippen LogP contribution in [0, 0.1) is 5.92 Å². The molecule has 0 bridgehead atoms. The van der Waals surface area contributed by atoms with Crippen LogP contribution in [0.3, 0.4) is 0 Å². The number of hydrogen-bond acceptors (Lipinski definition) is 3. The maximum Gasteiger partial charge on any atom is 0.244 e. The molecule has 4 nitrogen and oxygen atoms in total. The van der Waals surface area contributed by atoms with Gasteiger partial charge in [-0.15, -0.1) is 0 Å². The Morgan fingerprint density at radius 1 is 1.24 bits per heavy atom. The van der Waals surface area contributed by atoms with Crippen molar-refractivity contribution in [2.45, 2.75) is 45.2 Å². The zero-order valence-electron chi connectivity index (χ0n) is 13.4. The maximum absolute atomic E-state index is 12.9. The van der Waals surface area contributed by atoms with Gasteiger partial charge in [0.15, 0.2) is 0 Å². The van der Waals surface area contributed by atoms with E-state index in [0.29, 0.717) is 13.1 Å². The van der Waals surface area contributed by atoms with Gasteiger partial charge in [0.05, 0.1) is 5.02 Å². The van der Waals surface area contributed by atoms with Crippen LogP contribution in [0.4, 0.5) is 0 Å². The highest BCUT2D eigenvalue weighted by atomic mass is 35.5. The fraction of sp³-hybridized carbons (Fsp3) is 0.600. The van der Waals surface area contributed by atoms with Crippen molar-refractivity contribution < 1.29 is 8.42 Å². The van der Waals surface area contributed by atoms with Crippen molar-refractivity contribution in [1.82, 2.24) is 9.62 Å². The molecule has 21 heavy (non-hydrogen) atoms. The number of sulfonamides is 1. The van der Waals surface area contributed by atoms with Crippen LogP contribution in [-0.4, -0.2) is 32.4 Å². The third-order valence-corrected chi connectivity index (χ3v) is 5.61. The number of nitrogens with zero attached hydrogens (tertiary/aromatic N) is 1. The molecular weight excluding hydrogens is 308 g/mol. The third-order valence-electron chi connectivity index (χ3n) is 3.08. The van der Waals surface area contributed by atoms with Gasteiger partial charge in [-0.05, 0) is 44.5 Å². The van der Waals surface area contributed by atoms with E-state index < -0.39 is 10.0 Å². The summed E-state index contributed by atoms with van der Waals surface area (Å²) in [6.45, 7) is 8.85. The Labute approximate surface area is 133 Å². The lowest BCUT2D eigenvalue weighted by molar-refractivity contribution is 0.319. The minimum absolute atomic E-state index is 0.110. The first kappa shape index (κ1) is 18.4. The van der Waals surface area contributed by atoms with Gasteiger partial charge in [-0.25, -0.2) is 8.42 Å². The Hall–Kier alpha value is -0.620. The van der Waals surface area contributed by atoms with Gasteiger partial charge in [0.25, 0.3) is 0 Å². The van der Waals surface area contributed by atoms with Gasteiger partial charge in [-0.1, -0.05) is 31.5 Å². The van der Waals surface area contributed by atoms with Gasteiger partial charge in [0.1, 0.15) is 4.90 Å². The minimum atomic E-state index is -3.59. The molecule has 0 atom stereocenters. The van der Waals surface area contributed by atoms with Gasteiger partial charge in [-0.2, -0.15) is 4.31 Å². The molecule has 0 unspecified atom stereocenters. The van der Waals surface area contributed by atoms with Gasteiger partial charge in [-0.3, -0.25) is 0 Å². The average molecular weight is 333 g/mol. The molecule has 0 heterocycles. The summed E-state index contributed by atoms with van der Waals surface area (Å²) in [5, 5.41) is 3.28. The van der Waals surface area contributed by atoms with Gasteiger partial charge in [0, 0.05) is 19.1 Å². The van der Waals surface area contributed by atoms with E-state index in [2.05, 4.69) is 5.32 Å². The Morgan fingerprint density at radius 2 is 1.86 bits per heavy atom. The summed E-state index contributed by atoms with van der Waals surface area (Å²) in [4.78, 5) is 0.186. The zero-order chi connectivity index (χ0) is 16.2. The van der Waals surface area contributed by atoms with Crippen molar-refractivity contribution in [2.24, 2.45) is 5.92 Å². The van der Waals surface area contributed by atoms with Crippen LogP contribution in [0.2, 0.25) is 5.02 Å². The molecule has 6 heteroatoms. The summed E-state index contributed by atoms with van der Waals surface area (Å²) in [6.07, 6.45) is 0. The molecular formula is C15H25ClN2O2S. The fourth-order valence-electron chi connectivity index (χ4n) is 2.13. The van der Waals surface area contributed by atoms with E-state index in [1.54, 1.807) is 12.1 Å². The molecule has 1 aromatic carbocycles. The number of halogens is 1. The van der Waals surface area contributed by atoms with Crippen LogP contribution in [0.25, 0.3) is 0 Å². The Morgan fingerprint density at radius 3 is 2.33 bits per heavy atom. The maximum atomic E-state index is 12.9. The molecule has 1 N–H and O–H groups in total. The Bertz CT molecular complexity index is 571. The van der Waals surface area contributed by atoms with E-state index >= 15 is 0 Å². The highest BCUT2D eigenvalue weighted by Gasteiger charge is 2.29. The van der Waals surface area contributed by atoms with Crippen LogP contribution in [0.1, 0.15) is 33.3 Å². The lowest BCUT2D eigenvalue weighted by Gasteiger charge is -2.28. The van der Waals surface area contributed by atoms with Gasteiger partial charge in [0.2, 0.25) is 10.0 Å². The molecule has 0 saturated carbocycles. The second-order valence-electron chi connectivity index (χ2n) is 5.86. The van der Waals surface area contributed by atoms with Crippen molar-refractivity contribution >= 4 is 21.6 Å². The summed E-state index contributed by atoms with van der Waals surface area (Å²) >= 11 is 6.14. The molecule has 1 aromatic rings. The first-order valence-electron chi connectivity index (χ1n) is 7.15. The average Bonchev–Trinajstić information content (AvgIpc) is 2.37. The van der Waals surface area contributed by atoms with E-state index in [-0.39, 0.29) is 21.9 Å². The Kier molecular flexibility index (Phi) is 6.66. The summed E-state index contributed by atoms with van der Waals surface area (Å²) in [5.74, 6) is 0.251. The highest BCUT2D eigenvalue weighted by molar-refractivity contribution is 7.89. The Balaban J connectivity index is 3.30. The predicted molar refractivity (Wildman–Crippen MR) is 88.1 cm³/mol. The summed E-state index contributed by atoms with van der Waals surface area (Å²) in [5.41, 5.74) is 0.897. The van der Waals surface area contributed by atoms with E-state index in [0.717, 1.165) is 5.56 Å². The SMILES string of the molecule is CNCc1ccc(Cl)c(S(=O)(=O)N(CC(C)C)C(C)C)c1. The highest BCUT2D eigenvalue weighted by Crippen LogP contribution is 2.27. The number of rotatable bonds is 7. The van der Waals surface area contributed by atoms with Crippen molar-refractivity contribution in [3.8, 4) is 0 Å². The standard InChI is InChI=1S/C15H25ClN2O2S/c1-11(2)10-18(12(3)4)21(19,20)15-8-13(9-17-5)6-7-14(15)16/h6-8,11-12,17H,9-10H2,1-5H3. The third kappa shape index (κ3) is 4.68. The molecule has 0 radical (unpaired) electrons. The molecule has 0 saturated heterocycles. The van der Waals surface area contributed by atoms with E-state index in [4.69, 9.17) is 11.6 Å². The molecule has 120 valence electrons. The molecule has 0 aliphatic rings. The number of hydrogen-bond donors (Lipinski definition) is 1. The first-order chi connectivity index (χ1) is 9.70. The lowest BCUT2D eigenvalue weighted by atomic mass is 10.2. The molecule has 0 aromatic heterocycles. The van der Waals surface area contributed by atoms with Gasteiger partial charge >= 0.3 is 0 Å². The van der Waals surface area contributed by atoms with Crippen molar-refractivity contribution in [2.75, 3.05) is 13.6 Å². The topological polar surface area (TPSA) is 49.4 Å². The smallest absolute Gasteiger partial charge is 0.244 e. The molecule has 0 fully saturated rings. The van der Waals surface area contributed by atoms with Crippen molar-refractivity contribution in [3.63, 3.8) is 0 Å². The molecule has 0 amide bonds. The summed E-state index contributed by atoms with van der Waals surface area (Å²) in [7, 11) is -1.77. The van der Waals surface area contributed by atoms with E-state index in [9.17, 15) is 8.42 Å². The zero-order valence-corrected chi connectivity index (χ0v) is 14.9. The van der Waals surface area contributed by atoms with Gasteiger partial charge < -0.3 is 5.32 Å². The number of nitrogens with one attached hydrogen (secondary N) is 1. The normalized spacial score (nSPS) is 12.6. The predicted octanol–water partition coefficient (Wildman–Crippen LogP) is 3.11. The lowest BCUT2D eigenvalue weighted by Crippen LogP contribution is -2.39. The molecule has 0 spiro atoms. The summed E-state index contributed by atoms with van der Waals surface area (Å²) < 4.78 is 27.3. The second-order valence-corrected chi connectivity index (χ2v) is 8.12. The van der Waals surface area contributed by atoms with E-state index in [1.807, 2.05) is 40.8 Å². The number of benzene rings is 1. The van der Waals surface area contributed by atoms with Crippen LogP contribution in [0.15, 0.2) is 23.1 Å². The monoisotopic (exact) mass is 332 g/mol. The molecule has 0 aliphatic heterocycles. The quantitative estimate of drug-likeness (QED) is 0.834. The van der Waals surface area contributed by atoms with Crippen LogP contribution in [-0.2, 0) is 16.6 Å². The summed E-state index contributed by atoms with van der Waals surface area (Å²) in [6, 6.07) is 5.03. The largest absolute Gasteiger partial charge is 0.316 e. The first-order valence-corrected chi connectivity index (χ1v) is 8.96. The van der Waals surface area contributed by atoms with Crippen LogP contribution < -0.4 is 5.32 Å². The molecule has 1 rings (SSSR count).